The van der Waals surface area contributed by atoms with E-state index in [1.165, 1.54) is 0 Å². The molecule has 16 nitrogen and oxygen atoms in total. The molecule has 0 aliphatic rings. The molecule has 0 unspecified atom stereocenters. The fraction of sp³-hybridized carbons (Fsp3) is 0. The molecule has 19 heteroatoms. The summed E-state index contributed by atoms with van der Waals surface area (Å²) in [5, 5.41) is 14.7. The molecule has 0 aromatic heterocycles. The van der Waals surface area contributed by atoms with Crippen LogP contribution in [0.15, 0.2) is 0 Å². The van der Waals surface area contributed by atoms with Crippen molar-refractivity contribution in [2.45, 2.75) is 0 Å². The van der Waals surface area contributed by atoms with Gasteiger partial charge in [0.1, 0.15) is 0 Å². The Morgan fingerprint density at radius 3 is 0.895 bits per heavy atom. The Bertz CT molecular complexity index is 400. The first-order valence-electron chi connectivity index (χ1n) is 2.43. The minimum Gasteiger partial charge on any atom is -0.727 e. The summed E-state index contributed by atoms with van der Waals surface area (Å²) in [6.07, 6.45) is 0. The fourth-order valence-electron chi connectivity index (χ4n) is 0.149. The molecule has 0 aliphatic heterocycles. The van der Waals surface area contributed by atoms with Crippen molar-refractivity contribution in [1.82, 2.24) is 0 Å². The maximum absolute atomic E-state index is 9.22. The third-order valence-corrected chi connectivity index (χ3v) is 0.913. The van der Waals surface area contributed by atoms with Crippen molar-refractivity contribution in [3.63, 3.8) is 0 Å². The van der Waals surface area contributed by atoms with Crippen molar-refractivity contribution in [2.75, 3.05) is 0 Å². The molecule has 0 aromatic rings. The van der Waals surface area contributed by atoms with E-state index in [1.807, 2.05) is 0 Å². The molecule has 0 fully saturated rings. The largest absolute Gasteiger partial charge is 2.00 e. The van der Waals surface area contributed by atoms with Crippen LogP contribution in [0, 0.1) is 20.2 Å². The van der Waals surface area contributed by atoms with Crippen LogP contribution in [0.2, 0.25) is 0 Å². The molecule has 0 aliphatic carbocycles. The van der Waals surface area contributed by atoms with Gasteiger partial charge in [0.25, 0.3) is 20.8 Å². The zero-order valence-electron chi connectivity index (χ0n) is 8.32. The molecule has 0 spiro atoms. The third kappa shape index (κ3) is 46.7. The van der Waals surface area contributed by atoms with Gasteiger partial charge in [-0.15, -0.1) is 20.2 Å². The van der Waals surface area contributed by atoms with Gasteiger partial charge in [0.15, 0.2) is 0 Å². The van der Waals surface area contributed by atoms with Gasteiger partial charge in [0.2, 0.25) is 0 Å². The Balaban J connectivity index is -0.0000000594. The van der Waals surface area contributed by atoms with E-state index < -0.39 is 31.0 Å². The van der Waals surface area contributed by atoms with Crippen LogP contribution in [0.25, 0.3) is 0 Å². The standard InChI is InChI=1S/Ca.2HNO6S.2H2O/c;2*2-1(3)7-8(4,5)6;;/h;2*(H,4,5,6);2*1H2/q+2;;;;/p-2. The van der Waals surface area contributed by atoms with Crippen molar-refractivity contribution < 1.29 is 55.6 Å². The van der Waals surface area contributed by atoms with Gasteiger partial charge in [-0.2, -0.15) is 8.57 Å². The van der Waals surface area contributed by atoms with Crippen molar-refractivity contribution in [1.29, 1.82) is 0 Å². The van der Waals surface area contributed by atoms with Gasteiger partial charge >= 0.3 is 47.9 Å². The van der Waals surface area contributed by atoms with Crippen LogP contribution < -0.4 is 0 Å². The van der Waals surface area contributed by atoms with Crippen molar-refractivity contribution in [2.24, 2.45) is 0 Å². The summed E-state index contributed by atoms with van der Waals surface area (Å²) in [4.78, 5) is 18.0. The second-order valence-corrected chi connectivity index (χ2v) is 3.34. The quantitative estimate of drug-likeness (QED) is 0.150. The molecule has 112 valence electrons. The van der Waals surface area contributed by atoms with Gasteiger partial charge in [-0.25, -0.2) is 16.8 Å². The van der Waals surface area contributed by atoms with E-state index in [0.29, 0.717) is 0 Å². The van der Waals surface area contributed by atoms with E-state index in [0.717, 1.165) is 0 Å². The molecule has 0 amide bonds. The first kappa shape index (κ1) is 31.0. The zero-order chi connectivity index (χ0) is 13.6. The van der Waals surface area contributed by atoms with Crippen molar-refractivity contribution in [3.05, 3.63) is 20.2 Å². The van der Waals surface area contributed by atoms with Crippen LogP contribution in [-0.4, -0.2) is 84.8 Å². The van der Waals surface area contributed by atoms with Crippen LogP contribution in [0.1, 0.15) is 0 Å². The molecule has 0 saturated heterocycles. The molecular formula is H4CaN2O14S2. The number of hydrogen-bond donors (Lipinski definition) is 0. The number of hydrogen-bond acceptors (Lipinski definition) is 12. The van der Waals surface area contributed by atoms with E-state index >= 15 is 0 Å². The number of rotatable bonds is 4. The Kier molecular flexibility index (Phi) is 20.3. The minimum absolute atomic E-state index is 0. The van der Waals surface area contributed by atoms with Crippen LogP contribution >= 0.6 is 0 Å². The summed E-state index contributed by atoms with van der Waals surface area (Å²) in [6.45, 7) is 0. The molecule has 0 saturated carbocycles. The molecule has 0 aromatic carbocycles. The molecular weight excluding hydrogens is 356 g/mol. The molecule has 0 rings (SSSR count). The minimum atomic E-state index is -5.17. The molecule has 0 bridgehead atoms. The first-order chi connectivity index (χ1) is 6.83. The monoisotopic (exact) mass is 360 g/mol. The summed E-state index contributed by atoms with van der Waals surface area (Å²) >= 11 is 0. The Morgan fingerprint density at radius 1 is 0.737 bits per heavy atom. The van der Waals surface area contributed by atoms with E-state index in [4.69, 9.17) is 20.2 Å². The fourth-order valence-corrected chi connectivity index (χ4v) is 0.447. The normalized spacial score (nSPS) is 8.95. The average Bonchev–Trinajstić information content (AvgIpc) is 1.72. The smallest absolute Gasteiger partial charge is 0.727 e. The zero-order valence-corrected chi connectivity index (χ0v) is 12.2. The Hall–Kier alpha value is -0.600. The Labute approximate surface area is 134 Å². The molecule has 0 heterocycles. The van der Waals surface area contributed by atoms with E-state index in [2.05, 4.69) is 8.57 Å². The Morgan fingerprint density at radius 2 is 0.895 bits per heavy atom. The van der Waals surface area contributed by atoms with E-state index in [-0.39, 0.29) is 48.7 Å². The average molecular weight is 360 g/mol. The maximum atomic E-state index is 9.22. The summed E-state index contributed by atoms with van der Waals surface area (Å²) in [5.74, 6) is 0. The molecule has 19 heavy (non-hydrogen) atoms. The van der Waals surface area contributed by atoms with Gasteiger partial charge in [-0.3, -0.25) is 0 Å². The predicted octanol–water partition coefficient (Wildman–Crippen LogP) is -4.72. The second-order valence-electron chi connectivity index (χ2n) is 1.41. The molecule has 4 N–H and O–H groups in total. The topological polar surface area (TPSA) is 282 Å². The van der Waals surface area contributed by atoms with Gasteiger partial charge in [-0.05, 0) is 0 Å². The summed E-state index contributed by atoms with van der Waals surface area (Å²) in [5.41, 5.74) is 0. The number of nitrogens with zero attached hydrogens (tertiary/aromatic N) is 2. The first-order valence-corrected chi connectivity index (χ1v) is 5.10. The maximum Gasteiger partial charge on any atom is 2.00 e. The summed E-state index contributed by atoms with van der Waals surface area (Å²) < 4.78 is 60.5. The van der Waals surface area contributed by atoms with Crippen LogP contribution in [0.5, 0.6) is 0 Å². The predicted molar refractivity (Wildman–Crippen MR) is 48.5 cm³/mol. The summed E-state index contributed by atoms with van der Waals surface area (Å²) in [6, 6.07) is 0. The van der Waals surface area contributed by atoms with Crippen LogP contribution in [-0.2, 0) is 29.4 Å². The van der Waals surface area contributed by atoms with Crippen LogP contribution in [0.4, 0.5) is 0 Å². The van der Waals surface area contributed by atoms with Crippen molar-refractivity contribution in [3.8, 4) is 0 Å². The summed E-state index contributed by atoms with van der Waals surface area (Å²) in [7, 11) is -10.3. The second kappa shape index (κ2) is 12.4. The molecule has 0 atom stereocenters. The van der Waals surface area contributed by atoms with Crippen LogP contribution in [0.3, 0.4) is 0 Å². The van der Waals surface area contributed by atoms with Crippen molar-refractivity contribution >= 4 is 58.5 Å². The third-order valence-electron chi connectivity index (χ3n) is 0.304. The SMILES string of the molecule is O.O.O=[N+]([O-])OS(=O)(=O)[O-].O=[N+]([O-])OS(=O)(=O)[O-].[Ca+2]. The van der Waals surface area contributed by atoms with Gasteiger partial charge < -0.3 is 20.1 Å². The van der Waals surface area contributed by atoms with E-state index in [9.17, 15) is 25.9 Å². The van der Waals surface area contributed by atoms with Gasteiger partial charge in [0.05, 0.1) is 0 Å². The van der Waals surface area contributed by atoms with Gasteiger partial charge in [-0.1, -0.05) is 0 Å². The van der Waals surface area contributed by atoms with E-state index in [1.54, 1.807) is 0 Å². The molecule has 0 radical (unpaired) electrons. The van der Waals surface area contributed by atoms with Gasteiger partial charge in [0, 0.05) is 0 Å².